The molecule has 3 aromatic rings. The van der Waals surface area contributed by atoms with Gasteiger partial charge in [0.15, 0.2) is 5.13 Å². The maximum atomic E-state index is 13.0. The van der Waals surface area contributed by atoms with Crippen LogP contribution in [0.25, 0.3) is 11.3 Å². The Balaban J connectivity index is 1.71. The number of carbonyl (C=O) groups is 2. The fourth-order valence-corrected chi connectivity index (χ4v) is 3.73. The summed E-state index contributed by atoms with van der Waals surface area (Å²) in [7, 11) is 0. The molecule has 3 rings (SSSR count). The van der Waals surface area contributed by atoms with E-state index in [1.165, 1.54) is 11.3 Å². The number of nitrogen functional groups attached to an aromatic ring is 1. The molecule has 4 N–H and O–H groups in total. The largest absolute Gasteiger partial charge is 0.375 e. The summed E-state index contributed by atoms with van der Waals surface area (Å²) in [6.45, 7) is 5.99. The Kier molecular flexibility index (Phi) is 7.07. The average molecular weight is 437 g/mol. The van der Waals surface area contributed by atoms with E-state index in [-0.39, 0.29) is 17.2 Å². The second-order valence-corrected chi connectivity index (χ2v) is 9.57. The third-order valence-corrected chi connectivity index (χ3v) is 5.27. The molecule has 0 aliphatic carbocycles. The predicted molar refractivity (Wildman–Crippen MR) is 127 cm³/mol. The lowest BCUT2D eigenvalue weighted by Gasteiger charge is -2.22. The summed E-state index contributed by atoms with van der Waals surface area (Å²) in [6.07, 6.45) is 0.760. The van der Waals surface area contributed by atoms with Crippen LogP contribution in [-0.2, 0) is 16.0 Å². The molecule has 0 aliphatic heterocycles. The third-order valence-electron chi connectivity index (χ3n) is 4.60. The molecule has 162 valence electrons. The van der Waals surface area contributed by atoms with Gasteiger partial charge in [-0.15, -0.1) is 11.3 Å². The number of nitrogens with two attached hydrogens (primary N) is 1. The first kappa shape index (κ1) is 22.5. The minimum absolute atomic E-state index is 0.139. The average Bonchev–Trinajstić information content (AvgIpc) is 3.14. The van der Waals surface area contributed by atoms with Gasteiger partial charge in [0.25, 0.3) is 0 Å². The van der Waals surface area contributed by atoms with E-state index in [9.17, 15) is 9.59 Å². The molecule has 2 amide bonds. The van der Waals surface area contributed by atoms with Crippen LogP contribution in [-0.4, -0.2) is 22.8 Å². The van der Waals surface area contributed by atoms with Gasteiger partial charge in [-0.3, -0.25) is 9.59 Å². The van der Waals surface area contributed by atoms with E-state index in [0.717, 1.165) is 16.8 Å². The molecule has 0 saturated heterocycles. The summed E-state index contributed by atoms with van der Waals surface area (Å²) in [5.41, 5.74) is 8.90. The van der Waals surface area contributed by atoms with Gasteiger partial charge in [0.05, 0.1) is 5.69 Å². The zero-order valence-corrected chi connectivity index (χ0v) is 18.8. The van der Waals surface area contributed by atoms with Crippen molar-refractivity contribution in [2.45, 2.75) is 39.7 Å². The summed E-state index contributed by atoms with van der Waals surface area (Å²) in [4.78, 5) is 29.8. The molecule has 31 heavy (non-hydrogen) atoms. The van der Waals surface area contributed by atoms with Crippen LogP contribution in [0, 0.1) is 5.41 Å². The van der Waals surface area contributed by atoms with Gasteiger partial charge in [-0.05, 0) is 23.1 Å². The maximum absolute atomic E-state index is 13.0. The number of amides is 2. The molecule has 6 nitrogen and oxygen atoms in total. The fraction of sp³-hybridized carbons (Fsp3) is 0.292. The van der Waals surface area contributed by atoms with Gasteiger partial charge in [0.1, 0.15) is 6.04 Å². The lowest BCUT2D eigenvalue weighted by molar-refractivity contribution is -0.127. The van der Waals surface area contributed by atoms with Crippen LogP contribution < -0.4 is 16.4 Å². The molecule has 0 bridgehead atoms. The van der Waals surface area contributed by atoms with Gasteiger partial charge >= 0.3 is 0 Å². The number of nitrogens with zero attached hydrogens (tertiary/aromatic N) is 1. The molecule has 1 atom stereocenters. The normalized spacial score (nSPS) is 12.2. The zero-order chi connectivity index (χ0) is 22.4. The SMILES string of the molecule is CC(C)(C)CC(=O)N[C@@H](Cc1ccccc1)C(=O)Nc1ccc(-c2csc(N)n2)cc1. The van der Waals surface area contributed by atoms with Gasteiger partial charge < -0.3 is 16.4 Å². The first-order valence-electron chi connectivity index (χ1n) is 10.2. The Hall–Kier alpha value is -3.19. The van der Waals surface area contributed by atoms with E-state index in [1.807, 2.05) is 80.7 Å². The number of nitrogens with one attached hydrogen (secondary N) is 2. The topological polar surface area (TPSA) is 97.1 Å². The first-order valence-corrected chi connectivity index (χ1v) is 11.0. The number of benzene rings is 2. The first-order chi connectivity index (χ1) is 14.7. The highest BCUT2D eigenvalue weighted by atomic mass is 32.1. The van der Waals surface area contributed by atoms with Crippen LogP contribution in [0.1, 0.15) is 32.8 Å². The second-order valence-electron chi connectivity index (χ2n) is 8.68. The molecular formula is C24H28N4O2S. The molecule has 0 radical (unpaired) electrons. The Morgan fingerprint density at radius 2 is 1.74 bits per heavy atom. The third kappa shape index (κ3) is 6.93. The predicted octanol–water partition coefficient (Wildman–Crippen LogP) is 4.49. The van der Waals surface area contributed by atoms with E-state index in [1.54, 1.807) is 0 Å². The molecule has 0 saturated carbocycles. The number of hydrogen-bond donors (Lipinski definition) is 3. The van der Waals surface area contributed by atoms with Crippen molar-refractivity contribution in [3.05, 3.63) is 65.5 Å². The fourth-order valence-electron chi connectivity index (χ4n) is 3.16. The number of anilines is 2. The van der Waals surface area contributed by atoms with E-state index in [2.05, 4.69) is 15.6 Å². The van der Waals surface area contributed by atoms with E-state index < -0.39 is 6.04 Å². The minimum Gasteiger partial charge on any atom is -0.375 e. The summed E-state index contributed by atoms with van der Waals surface area (Å²) in [6, 6.07) is 16.4. The molecule has 1 aromatic heterocycles. The lowest BCUT2D eigenvalue weighted by Crippen LogP contribution is -2.46. The monoisotopic (exact) mass is 436 g/mol. The van der Waals surface area contributed by atoms with E-state index in [4.69, 9.17) is 5.73 Å². The van der Waals surface area contributed by atoms with Crippen molar-refractivity contribution >= 4 is 34.0 Å². The summed E-state index contributed by atoms with van der Waals surface area (Å²) < 4.78 is 0. The lowest BCUT2D eigenvalue weighted by atomic mass is 9.91. The summed E-state index contributed by atoms with van der Waals surface area (Å²) in [5.74, 6) is -0.392. The highest BCUT2D eigenvalue weighted by Crippen LogP contribution is 2.24. The Morgan fingerprint density at radius 3 is 2.32 bits per heavy atom. The molecule has 1 heterocycles. The molecular weight excluding hydrogens is 408 g/mol. The minimum atomic E-state index is -0.671. The standard InChI is InChI=1S/C24H28N4O2S/c1-24(2,3)14-21(29)27-19(13-16-7-5-4-6-8-16)22(30)26-18-11-9-17(10-12-18)20-15-31-23(25)28-20/h4-12,15,19H,13-14H2,1-3H3,(H2,25,28)(H,26,30)(H,27,29)/t19-/m0/s1. The number of hydrogen-bond acceptors (Lipinski definition) is 5. The Labute approximate surface area is 186 Å². The van der Waals surface area contributed by atoms with Crippen molar-refractivity contribution < 1.29 is 9.59 Å². The van der Waals surface area contributed by atoms with Crippen LogP contribution in [0.15, 0.2) is 60.0 Å². The van der Waals surface area contributed by atoms with Crippen LogP contribution in [0.3, 0.4) is 0 Å². The van der Waals surface area contributed by atoms with Crippen LogP contribution in [0.5, 0.6) is 0 Å². The van der Waals surface area contributed by atoms with Gasteiger partial charge in [-0.2, -0.15) is 0 Å². The molecule has 0 spiro atoms. The molecule has 7 heteroatoms. The molecule has 0 fully saturated rings. The Morgan fingerprint density at radius 1 is 1.06 bits per heavy atom. The van der Waals surface area contributed by atoms with Crippen LogP contribution >= 0.6 is 11.3 Å². The van der Waals surface area contributed by atoms with Gasteiger partial charge in [-0.25, -0.2) is 4.98 Å². The zero-order valence-electron chi connectivity index (χ0n) is 18.0. The van der Waals surface area contributed by atoms with Gasteiger partial charge in [0, 0.05) is 29.5 Å². The van der Waals surface area contributed by atoms with Crippen LogP contribution in [0.4, 0.5) is 10.8 Å². The van der Waals surface area contributed by atoms with Crippen molar-refractivity contribution in [2.75, 3.05) is 11.1 Å². The van der Waals surface area contributed by atoms with Crippen molar-refractivity contribution in [3.8, 4) is 11.3 Å². The van der Waals surface area contributed by atoms with Crippen molar-refractivity contribution in [1.29, 1.82) is 0 Å². The highest BCUT2D eigenvalue weighted by molar-refractivity contribution is 7.13. The summed E-state index contributed by atoms with van der Waals surface area (Å²) in [5, 5.41) is 8.24. The van der Waals surface area contributed by atoms with E-state index >= 15 is 0 Å². The Bertz CT molecular complexity index is 1020. The molecule has 0 aliphatic rings. The van der Waals surface area contributed by atoms with Crippen molar-refractivity contribution in [3.63, 3.8) is 0 Å². The second kappa shape index (κ2) is 9.75. The van der Waals surface area contributed by atoms with Crippen molar-refractivity contribution in [2.24, 2.45) is 5.41 Å². The number of thiazole rings is 1. The quantitative estimate of drug-likeness (QED) is 0.508. The number of carbonyl (C=O) groups excluding carboxylic acids is 2. The smallest absolute Gasteiger partial charge is 0.247 e. The highest BCUT2D eigenvalue weighted by Gasteiger charge is 2.24. The number of aromatic nitrogens is 1. The van der Waals surface area contributed by atoms with Gasteiger partial charge in [-0.1, -0.05) is 63.2 Å². The molecule has 0 unspecified atom stereocenters. The molecule has 2 aromatic carbocycles. The van der Waals surface area contributed by atoms with Gasteiger partial charge in [0.2, 0.25) is 11.8 Å². The van der Waals surface area contributed by atoms with Crippen LogP contribution in [0.2, 0.25) is 0 Å². The summed E-state index contributed by atoms with van der Waals surface area (Å²) >= 11 is 1.38. The van der Waals surface area contributed by atoms with Crippen molar-refractivity contribution in [1.82, 2.24) is 10.3 Å². The van der Waals surface area contributed by atoms with E-state index in [0.29, 0.717) is 23.7 Å². The number of rotatable bonds is 7. The maximum Gasteiger partial charge on any atom is 0.247 e.